The molecule has 2 heterocycles. The van der Waals surface area contributed by atoms with Crippen molar-refractivity contribution in [1.82, 2.24) is 4.57 Å². The topological polar surface area (TPSA) is 34.0 Å². The lowest BCUT2D eigenvalue weighted by atomic mass is 10.2. The van der Waals surface area contributed by atoms with Crippen molar-refractivity contribution in [2.75, 3.05) is 5.32 Å². The summed E-state index contributed by atoms with van der Waals surface area (Å²) in [5.74, 6) is 0.0983. The van der Waals surface area contributed by atoms with Crippen LogP contribution in [0.5, 0.6) is 0 Å². The number of nitrogens with zero attached hydrogens (tertiary/aromatic N) is 1. The quantitative estimate of drug-likeness (QED) is 0.670. The molecule has 3 nitrogen and oxygen atoms in total. The molecule has 0 saturated heterocycles. The van der Waals surface area contributed by atoms with Crippen molar-refractivity contribution in [1.29, 1.82) is 0 Å². The van der Waals surface area contributed by atoms with Gasteiger partial charge >= 0.3 is 0 Å². The Balaban J connectivity index is 2.36. The second-order valence-corrected chi connectivity index (χ2v) is 3.55. The summed E-state index contributed by atoms with van der Waals surface area (Å²) < 4.78 is 2.13. The molecule has 0 spiro atoms. The summed E-state index contributed by atoms with van der Waals surface area (Å²) in [5, 5.41) is 4.10. The van der Waals surface area contributed by atoms with E-state index in [0.29, 0.717) is 6.42 Å². The SMILES string of the molecule is O=C1CCn2ccc3cccc(c32)N1. The van der Waals surface area contributed by atoms with Crippen LogP contribution in [0.15, 0.2) is 30.5 Å². The number of hydrogen-bond acceptors (Lipinski definition) is 1. The second-order valence-electron chi connectivity index (χ2n) is 3.55. The number of hydrogen-bond donors (Lipinski definition) is 1. The lowest BCUT2D eigenvalue weighted by Crippen LogP contribution is -2.10. The van der Waals surface area contributed by atoms with Crippen molar-refractivity contribution in [3.8, 4) is 0 Å². The normalized spacial score (nSPS) is 15.3. The average molecular weight is 186 g/mol. The number of rotatable bonds is 0. The van der Waals surface area contributed by atoms with Gasteiger partial charge < -0.3 is 9.88 Å². The molecule has 1 aliphatic heterocycles. The highest BCUT2D eigenvalue weighted by molar-refractivity contribution is 6.01. The first-order chi connectivity index (χ1) is 6.84. The van der Waals surface area contributed by atoms with Gasteiger partial charge in [-0.05, 0) is 12.1 Å². The number of carbonyl (C=O) groups is 1. The first-order valence-electron chi connectivity index (χ1n) is 4.72. The van der Waals surface area contributed by atoms with E-state index in [-0.39, 0.29) is 5.91 Å². The zero-order valence-electron chi connectivity index (χ0n) is 7.66. The van der Waals surface area contributed by atoms with Gasteiger partial charge in [-0.25, -0.2) is 0 Å². The van der Waals surface area contributed by atoms with Crippen LogP contribution in [0.25, 0.3) is 10.9 Å². The molecule has 1 aromatic heterocycles. The third-order valence-electron chi connectivity index (χ3n) is 2.64. The first-order valence-corrected chi connectivity index (χ1v) is 4.72. The van der Waals surface area contributed by atoms with Gasteiger partial charge in [0.05, 0.1) is 11.2 Å². The van der Waals surface area contributed by atoms with Crippen molar-refractivity contribution in [2.45, 2.75) is 13.0 Å². The number of anilines is 1. The fraction of sp³-hybridized carbons (Fsp3) is 0.182. The number of para-hydroxylation sites is 1. The summed E-state index contributed by atoms with van der Waals surface area (Å²) in [6.07, 6.45) is 2.59. The third kappa shape index (κ3) is 0.954. The minimum Gasteiger partial charge on any atom is -0.345 e. The number of carbonyl (C=O) groups excluding carboxylic acids is 1. The van der Waals surface area contributed by atoms with Gasteiger partial charge in [-0.15, -0.1) is 0 Å². The predicted molar refractivity (Wildman–Crippen MR) is 55.2 cm³/mol. The summed E-state index contributed by atoms with van der Waals surface area (Å²) in [6.45, 7) is 0.770. The standard InChI is InChI=1S/C11H10N2O/c14-10-5-7-13-6-4-8-2-1-3-9(12-10)11(8)13/h1-4,6H,5,7H2,(H,12,14). The van der Waals surface area contributed by atoms with Gasteiger partial charge in [-0.3, -0.25) is 4.79 Å². The molecule has 0 radical (unpaired) electrons. The van der Waals surface area contributed by atoms with E-state index < -0.39 is 0 Å². The molecule has 70 valence electrons. The number of nitrogens with one attached hydrogen (secondary N) is 1. The molecule has 0 saturated carbocycles. The van der Waals surface area contributed by atoms with Crippen LogP contribution in [0.2, 0.25) is 0 Å². The maximum atomic E-state index is 11.4. The van der Waals surface area contributed by atoms with E-state index in [4.69, 9.17) is 0 Å². The van der Waals surface area contributed by atoms with E-state index in [1.807, 2.05) is 18.3 Å². The van der Waals surface area contributed by atoms with Crippen LogP contribution in [0, 0.1) is 0 Å². The molecule has 0 fully saturated rings. The molecule has 1 aliphatic rings. The van der Waals surface area contributed by atoms with Gasteiger partial charge in [0.1, 0.15) is 0 Å². The zero-order valence-corrected chi connectivity index (χ0v) is 7.66. The van der Waals surface area contributed by atoms with Crippen molar-refractivity contribution in [3.63, 3.8) is 0 Å². The molecule has 14 heavy (non-hydrogen) atoms. The Kier molecular flexibility index (Phi) is 1.42. The van der Waals surface area contributed by atoms with Crippen molar-refractivity contribution >= 4 is 22.5 Å². The molecule has 3 heteroatoms. The molecule has 1 amide bonds. The minimum absolute atomic E-state index is 0.0983. The van der Waals surface area contributed by atoms with E-state index >= 15 is 0 Å². The summed E-state index contributed by atoms with van der Waals surface area (Å²) in [5.41, 5.74) is 2.06. The average Bonchev–Trinajstić information content (AvgIpc) is 2.51. The fourth-order valence-electron chi connectivity index (χ4n) is 1.98. The monoisotopic (exact) mass is 186 g/mol. The minimum atomic E-state index is 0.0983. The predicted octanol–water partition coefficient (Wildman–Crippen LogP) is 1.98. The zero-order chi connectivity index (χ0) is 9.54. The molecular formula is C11H10N2O. The molecule has 0 unspecified atom stereocenters. The highest BCUT2D eigenvalue weighted by atomic mass is 16.1. The van der Waals surface area contributed by atoms with Gasteiger partial charge in [0.15, 0.2) is 0 Å². The number of benzene rings is 1. The number of amides is 1. The Morgan fingerprint density at radius 3 is 3.14 bits per heavy atom. The molecule has 0 atom stereocenters. The molecule has 2 aromatic rings. The van der Waals surface area contributed by atoms with Crippen LogP contribution in [-0.4, -0.2) is 10.5 Å². The number of aryl methyl sites for hydroxylation is 1. The molecule has 3 rings (SSSR count). The van der Waals surface area contributed by atoms with E-state index in [1.54, 1.807) is 0 Å². The van der Waals surface area contributed by atoms with E-state index in [2.05, 4.69) is 22.0 Å². The first kappa shape index (κ1) is 7.62. The van der Waals surface area contributed by atoms with E-state index in [0.717, 1.165) is 17.7 Å². The Labute approximate surface area is 81.3 Å². The summed E-state index contributed by atoms with van der Waals surface area (Å²) in [4.78, 5) is 11.4. The highest BCUT2D eigenvalue weighted by Crippen LogP contribution is 2.26. The smallest absolute Gasteiger partial charge is 0.226 e. The lowest BCUT2D eigenvalue weighted by molar-refractivity contribution is -0.116. The maximum Gasteiger partial charge on any atom is 0.226 e. The fourth-order valence-corrected chi connectivity index (χ4v) is 1.98. The lowest BCUT2D eigenvalue weighted by Gasteiger charge is -2.03. The van der Waals surface area contributed by atoms with E-state index in [9.17, 15) is 4.79 Å². The molecule has 1 N–H and O–H groups in total. The van der Waals surface area contributed by atoms with Gasteiger partial charge in [-0.1, -0.05) is 12.1 Å². The maximum absolute atomic E-state index is 11.4. The Morgan fingerprint density at radius 2 is 2.21 bits per heavy atom. The van der Waals surface area contributed by atoms with Gasteiger partial charge in [-0.2, -0.15) is 0 Å². The Hall–Kier alpha value is -1.77. The largest absolute Gasteiger partial charge is 0.345 e. The van der Waals surface area contributed by atoms with Crippen LogP contribution in [0.3, 0.4) is 0 Å². The van der Waals surface area contributed by atoms with Crippen LogP contribution in [0.4, 0.5) is 5.69 Å². The van der Waals surface area contributed by atoms with Crippen molar-refractivity contribution in [2.24, 2.45) is 0 Å². The van der Waals surface area contributed by atoms with Gasteiger partial charge in [0.2, 0.25) is 5.91 Å². The summed E-state index contributed by atoms with van der Waals surface area (Å²) >= 11 is 0. The second kappa shape index (κ2) is 2.61. The van der Waals surface area contributed by atoms with Gasteiger partial charge in [0.25, 0.3) is 0 Å². The molecule has 1 aromatic carbocycles. The molecule has 0 bridgehead atoms. The summed E-state index contributed by atoms with van der Waals surface area (Å²) in [6, 6.07) is 8.05. The van der Waals surface area contributed by atoms with Crippen LogP contribution >= 0.6 is 0 Å². The third-order valence-corrected chi connectivity index (χ3v) is 2.64. The highest BCUT2D eigenvalue weighted by Gasteiger charge is 2.13. The molecule has 0 aliphatic carbocycles. The Bertz CT molecular complexity index is 513. The van der Waals surface area contributed by atoms with Crippen molar-refractivity contribution in [3.05, 3.63) is 30.5 Å². The Morgan fingerprint density at radius 1 is 1.29 bits per heavy atom. The van der Waals surface area contributed by atoms with Gasteiger partial charge in [0, 0.05) is 24.5 Å². The van der Waals surface area contributed by atoms with Crippen LogP contribution < -0.4 is 5.32 Å². The van der Waals surface area contributed by atoms with Crippen LogP contribution in [-0.2, 0) is 11.3 Å². The number of aromatic nitrogens is 1. The van der Waals surface area contributed by atoms with Crippen molar-refractivity contribution < 1.29 is 4.79 Å². The molecular weight excluding hydrogens is 176 g/mol. The summed E-state index contributed by atoms with van der Waals surface area (Å²) in [7, 11) is 0. The van der Waals surface area contributed by atoms with E-state index in [1.165, 1.54) is 5.39 Å². The van der Waals surface area contributed by atoms with Crippen LogP contribution in [0.1, 0.15) is 6.42 Å².